The molecule has 2 heteroatoms. The van der Waals surface area contributed by atoms with Gasteiger partial charge in [0, 0.05) is 18.8 Å². The summed E-state index contributed by atoms with van der Waals surface area (Å²) in [6, 6.07) is 8.39. The van der Waals surface area contributed by atoms with Crippen LogP contribution in [0.3, 0.4) is 0 Å². The Labute approximate surface area is 72.4 Å². The first-order valence-electron chi connectivity index (χ1n) is 4.25. The Morgan fingerprint density at radius 1 is 1.25 bits per heavy atom. The van der Waals surface area contributed by atoms with Crippen LogP contribution in [-0.2, 0) is 0 Å². The SMILES string of the molecule is Cc1ccc(N2CC(O)C2)cc1. The van der Waals surface area contributed by atoms with Crippen LogP contribution in [0.5, 0.6) is 0 Å². The van der Waals surface area contributed by atoms with E-state index < -0.39 is 0 Å². The predicted octanol–water partition coefficient (Wildman–Crippen LogP) is 1.18. The molecule has 0 aliphatic carbocycles. The fourth-order valence-corrected chi connectivity index (χ4v) is 1.42. The number of aryl methyl sites for hydroxylation is 1. The van der Waals surface area contributed by atoms with Crippen LogP contribution in [0.2, 0.25) is 0 Å². The summed E-state index contributed by atoms with van der Waals surface area (Å²) in [6.45, 7) is 3.64. The second-order valence-electron chi connectivity index (χ2n) is 3.39. The van der Waals surface area contributed by atoms with Crippen molar-refractivity contribution in [3.63, 3.8) is 0 Å². The molecule has 0 unspecified atom stereocenters. The van der Waals surface area contributed by atoms with Gasteiger partial charge in [0.2, 0.25) is 0 Å². The van der Waals surface area contributed by atoms with E-state index in [1.807, 2.05) is 0 Å². The molecule has 1 fully saturated rings. The van der Waals surface area contributed by atoms with E-state index in [4.69, 9.17) is 5.11 Å². The molecule has 1 aromatic carbocycles. The topological polar surface area (TPSA) is 23.5 Å². The first kappa shape index (κ1) is 7.62. The van der Waals surface area contributed by atoms with E-state index in [9.17, 15) is 0 Å². The molecular weight excluding hydrogens is 150 g/mol. The van der Waals surface area contributed by atoms with Crippen molar-refractivity contribution in [3.8, 4) is 0 Å². The number of hydrogen-bond acceptors (Lipinski definition) is 2. The molecule has 0 aromatic heterocycles. The van der Waals surface area contributed by atoms with Crippen molar-refractivity contribution in [2.24, 2.45) is 0 Å². The van der Waals surface area contributed by atoms with E-state index in [1.165, 1.54) is 11.3 Å². The van der Waals surface area contributed by atoms with E-state index in [0.717, 1.165) is 13.1 Å². The number of aliphatic hydroxyl groups is 1. The van der Waals surface area contributed by atoms with E-state index >= 15 is 0 Å². The number of anilines is 1. The predicted molar refractivity (Wildman–Crippen MR) is 49.4 cm³/mol. The molecule has 0 atom stereocenters. The number of nitrogens with zero attached hydrogens (tertiary/aromatic N) is 1. The average molecular weight is 163 g/mol. The molecule has 1 N–H and O–H groups in total. The van der Waals surface area contributed by atoms with Gasteiger partial charge in [0.05, 0.1) is 6.10 Å². The summed E-state index contributed by atoms with van der Waals surface area (Å²) in [5.41, 5.74) is 2.49. The normalized spacial score (nSPS) is 17.7. The molecule has 1 saturated heterocycles. The zero-order chi connectivity index (χ0) is 8.55. The summed E-state index contributed by atoms with van der Waals surface area (Å²) in [5, 5.41) is 9.09. The van der Waals surface area contributed by atoms with Crippen LogP contribution in [0.15, 0.2) is 24.3 Å². The van der Waals surface area contributed by atoms with Crippen LogP contribution in [-0.4, -0.2) is 24.3 Å². The third-order valence-electron chi connectivity index (χ3n) is 2.26. The molecular formula is C10H13NO. The summed E-state index contributed by atoms with van der Waals surface area (Å²) >= 11 is 0. The van der Waals surface area contributed by atoms with Gasteiger partial charge in [0.25, 0.3) is 0 Å². The Bertz CT molecular complexity index is 262. The molecule has 64 valence electrons. The number of aliphatic hydroxyl groups excluding tert-OH is 1. The number of β-amino-alcohol motifs (C(OH)–C–C–N with tert-alkyl or cyclic N) is 1. The summed E-state index contributed by atoms with van der Waals surface area (Å²) in [7, 11) is 0. The average Bonchev–Trinajstić information content (AvgIpc) is 2.01. The Kier molecular flexibility index (Phi) is 1.77. The Hall–Kier alpha value is -1.02. The zero-order valence-electron chi connectivity index (χ0n) is 7.20. The fraction of sp³-hybridized carbons (Fsp3) is 0.400. The summed E-state index contributed by atoms with van der Waals surface area (Å²) in [6.07, 6.45) is -0.119. The van der Waals surface area contributed by atoms with Gasteiger partial charge >= 0.3 is 0 Å². The lowest BCUT2D eigenvalue weighted by Crippen LogP contribution is -2.50. The lowest BCUT2D eigenvalue weighted by molar-refractivity contribution is 0.142. The largest absolute Gasteiger partial charge is 0.389 e. The number of rotatable bonds is 1. The summed E-state index contributed by atoms with van der Waals surface area (Å²) in [4.78, 5) is 2.17. The second kappa shape index (κ2) is 2.79. The monoisotopic (exact) mass is 163 g/mol. The van der Waals surface area contributed by atoms with Gasteiger partial charge in [-0.05, 0) is 19.1 Å². The molecule has 0 spiro atoms. The van der Waals surface area contributed by atoms with Crippen LogP contribution >= 0.6 is 0 Å². The van der Waals surface area contributed by atoms with E-state index in [1.54, 1.807) is 0 Å². The van der Waals surface area contributed by atoms with Crippen molar-refractivity contribution < 1.29 is 5.11 Å². The molecule has 1 aromatic rings. The van der Waals surface area contributed by atoms with Crippen LogP contribution in [0.25, 0.3) is 0 Å². The third kappa shape index (κ3) is 1.30. The van der Waals surface area contributed by atoms with Crippen LogP contribution in [0, 0.1) is 6.92 Å². The highest BCUT2D eigenvalue weighted by Crippen LogP contribution is 2.20. The third-order valence-corrected chi connectivity index (χ3v) is 2.26. The molecule has 1 aliphatic rings. The highest BCUT2D eigenvalue weighted by molar-refractivity contribution is 5.49. The van der Waals surface area contributed by atoms with Crippen molar-refractivity contribution in [1.82, 2.24) is 0 Å². The first-order valence-corrected chi connectivity index (χ1v) is 4.25. The van der Waals surface area contributed by atoms with E-state index in [0.29, 0.717) is 0 Å². The van der Waals surface area contributed by atoms with Gasteiger partial charge < -0.3 is 10.0 Å². The highest BCUT2D eigenvalue weighted by Gasteiger charge is 2.23. The minimum absolute atomic E-state index is 0.119. The maximum Gasteiger partial charge on any atom is 0.0889 e. The van der Waals surface area contributed by atoms with Crippen molar-refractivity contribution in [3.05, 3.63) is 29.8 Å². The van der Waals surface area contributed by atoms with Crippen LogP contribution in [0.1, 0.15) is 5.56 Å². The molecule has 12 heavy (non-hydrogen) atoms. The van der Waals surface area contributed by atoms with Gasteiger partial charge in [-0.3, -0.25) is 0 Å². The lowest BCUT2D eigenvalue weighted by atomic mass is 10.1. The van der Waals surface area contributed by atoms with Gasteiger partial charge in [-0.2, -0.15) is 0 Å². The van der Waals surface area contributed by atoms with Gasteiger partial charge in [-0.15, -0.1) is 0 Å². The molecule has 2 rings (SSSR count). The van der Waals surface area contributed by atoms with Crippen molar-refractivity contribution in [1.29, 1.82) is 0 Å². The van der Waals surface area contributed by atoms with Crippen LogP contribution in [0.4, 0.5) is 5.69 Å². The number of benzene rings is 1. The van der Waals surface area contributed by atoms with Crippen molar-refractivity contribution in [2.45, 2.75) is 13.0 Å². The van der Waals surface area contributed by atoms with Crippen LogP contribution < -0.4 is 4.90 Å². The zero-order valence-corrected chi connectivity index (χ0v) is 7.20. The molecule has 0 saturated carbocycles. The Balaban J connectivity index is 2.09. The van der Waals surface area contributed by atoms with Crippen molar-refractivity contribution in [2.75, 3.05) is 18.0 Å². The van der Waals surface area contributed by atoms with Gasteiger partial charge in [0.1, 0.15) is 0 Å². The molecule has 0 bridgehead atoms. The standard InChI is InChI=1S/C10H13NO/c1-8-2-4-9(5-3-8)11-6-10(12)7-11/h2-5,10,12H,6-7H2,1H3. The van der Waals surface area contributed by atoms with Gasteiger partial charge in [-0.1, -0.05) is 17.7 Å². The number of hydrogen-bond donors (Lipinski definition) is 1. The maximum absolute atomic E-state index is 9.09. The fourth-order valence-electron chi connectivity index (χ4n) is 1.42. The second-order valence-corrected chi connectivity index (χ2v) is 3.39. The Morgan fingerprint density at radius 2 is 1.83 bits per heavy atom. The van der Waals surface area contributed by atoms with E-state index in [2.05, 4.69) is 36.1 Å². The lowest BCUT2D eigenvalue weighted by Gasteiger charge is -2.37. The molecule has 0 radical (unpaired) electrons. The smallest absolute Gasteiger partial charge is 0.0889 e. The first-order chi connectivity index (χ1) is 5.75. The molecule has 2 nitrogen and oxygen atoms in total. The minimum atomic E-state index is -0.119. The maximum atomic E-state index is 9.09. The summed E-state index contributed by atoms with van der Waals surface area (Å²) in [5.74, 6) is 0. The van der Waals surface area contributed by atoms with E-state index in [-0.39, 0.29) is 6.10 Å². The minimum Gasteiger partial charge on any atom is -0.389 e. The molecule has 1 aliphatic heterocycles. The Morgan fingerprint density at radius 3 is 2.33 bits per heavy atom. The molecule has 0 amide bonds. The summed E-state index contributed by atoms with van der Waals surface area (Å²) < 4.78 is 0. The highest BCUT2D eigenvalue weighted by atomic mass is 16.3. The van der Waals surface area contributed by atoms with Gasteiger partial charge in [-0.25, -0.2) is 0 Å². The quantitative estimate of drug-likeness (QED) is 0.672. The van der Waals surface area contributed by atoms with Crippen molar-refractivity contribution >= 4 is 5.69 Å². The van der Waals surface area contributed by atoms with Gasteiger partial charge in [0.15, 0.2) is 0 Å². The molecule has 1 heterocycles.